The summed E-state index contributed by atoms with van der Waals surface area (Å²) in [7, 11) is 1.52. The zero-order valence-corrected chi connectivity index (χ0v) is 12.7. The van der Waals surface area contributed by atoms with Gasteiger partial charge in [0.2, 0.25) is 5.89 Å². The molecule has 0 aliphatic carbocycles. The fourth-order valence-corrected chi connectivity index (χ4v) is 2.20. The molecule has 0 aliphatic rings. The van der Waals surface area contributed by atoms with E-state index in [0.29, 0.717) is 34.6 Å². The lowest BCUT2D eigenvalue weighted by Crippen LogP contribution is -2.03. The third-order valence-electron chi connectivity index (χ3n) is 3.33. The van der Waals surface area contributed by atoms with Gasteiger partial charge in [-0.15, -0.1) is 0 Å². The molecular weight excluding hydrogens is 298 g/mol. The summed E-state index contributed by atoms with van der Waals surface area (Å²) in [4.78, 5) is 16.1. The van der Waals surface area contributed by atoms with Crippen LogP contribution in [0, 0.1) is 0 Å². The number of ether oxygens (including phenoxy) is 2. The molecule has 0 radical (unpaired) electrons. The first-order valence-corrected chi connectivity index (χ1v) is 7.07. The Morgan fingerprint density at radius 2 is 2.09 bits per heavy atom. The molecule has 0 unspecified atom stereocenters. The third kappa shape index (κ3) is 2.83. The Morgan fingerprint density at radius 3 is 2.78 bits per heavy atom. The normalized spacial score (nSPS) is 10.7. The third-order valence-corrected chi connectivity index (χ3v) is 3.33. The number of phenols is 1. The van der Waals surface area contributed by atoms with Crippen LogP contribution < -0.4 is 4.74 Å². The average Bonchev–Trinajstić information content (AvgIpc) is 2.97. The van der Waals surface area contributed by atoms with Crippen molar-refractivity contribution in [3.8, 4) is 23.0 Å². The summed E-state index contributed by atoms with van der Waals surface area (Å²) >= 11 is 0. The van der Waals surface area contributed by atoms with Crippen molar-refractivity contribution < 1.29 is 23.8 Å². The lowest BCUT2D eigenvalue weighted by Gasteiger charge is -2.03. The minimum atomic E-state index is -0.417. The standard InChI is InChI=1S/C17H15NO5/c1-3-22-17(20)10-4-7-13-15(8-10)23-16(18-13)12-6-5-11(21-2)9-14(12)19/h4-9,19H,3H2,1-2H3. The van der Waals surface area contributed by atoms with E-state index >= 15 is 0 Å². The van der Waals surface area contributed by atoms with E-state index in [9.17, 15) is 9.90 Å². The molecule has 0 saturated carbocycles. The molecule has 3 aromatic rings. The van der Waals surface area contributed by atoms with E-state index < -0.39 is 5.97 Å². The van der Waals surface area contributed by atoms with Crippen molar-refractivity contribution in [3.05, 3.63) is 42.0 Å². The van der Waals surface area contributed by atoms with Crippen LogP contribution in [-0.2, 0) is 4.74 Å². The van der Waals surface area contributed by atoms with Gasteiger partial charge in [-0.2, -0.15) is 0 Å². The number of hydrogen-bond donors (Lipinski definition) is 1. The number of benzene rings is 2. The number of rotatable bonds is 4. The van der Waals surface area contributed by atoms with Crippen molar-refractivity contribution in [1.82, 2.24) is 4.98 Å². The number of carbonyl (C=O) groups is 1. The molecule has 0 aliphatic heterocycles. The Hall–Kier alpha value is -3.02. The van der Waals surface area contributed by atoms with E-state index in [1.165, 1.54) is 13.2 Å². The highest BCUT2D eigenvalue weighted by atomic mass is 16.5. The highest BCUT2D eigenvalue weighted by molar-refractivity contribution is 5.93. The van der Waals surface area contributed by atoms with Crippen molar-refractivity contribution in [2.45, 2.75) is 6.92 Å². The number of nitrogens with zero attached hydrogens (tertiary/aromatic N) is 1. The summed E-state index contributed by atoms with van der Waals surface area (Å²) in [5.41, 5.74) is 1.87. The van der Waals surface area contributed by atoms with E-state index in [0.717, 1.165) is 0 Å². The molecule has 3 rings (SSSR count). The smallest absolute Gasteiger partial charge is 0.338 e. The highest BCUT2D eigenvalue weighted by Crippen LogP contribution is 2.33. The van der Waals surface area contributed by atoms with Crippen molar-refractivity contribution in [2.24, 2.45) is 0 Å². The first kappa shape index (κ1) is 14.9. The summed E-state index contributed by atoms with van der Waals surface area (Å²) in [6.07, 6.45) is 0. The molecule has 0 fully saturated rings. The Kier molecular flexibility index (Phi) is 3.89. The molecule has 6 heteroatoms. The van der Waals surface area contributed by atoms with Gasteiger partial charge >= 0.3 is 5.97 Å². The van der Waals surface area contributed by atoms with Crippen LogP contribution in [0.1, 0.15) is 17.3 Å². The zero-order chi connectivity index (χ0) is 16.4. The maximum absolute atomic E-state index is 11.8. The maximum atomic E-state index is 11.8. The molecule has 0 bridgehead atoms. The molecule has 6 nitrogen and oxygen atoms in total. The Labute approximate surface area is 132 Å². The number of carbonyl (C=O) groups excluding carboxylic acids is 1. The summed E-state index contributed by atoms with van der Waals surface area (Å²) in [6, 6.07) is 9.72. The van der Waals surface area contributed by atoms with Crippen LogP contribution in [0.4, 0.5) is 0 Å². The number of hydrogen-bond acceptors (Lipinski definition) is 6. The fourth-order valence-electron chi connectivity index (χ4n) is 2.20. The molecule has 0 spiro atoms. The molecule has 0 amide bonds. The molecule has 0 saturated heterocycles. The topological polar surface area (TPSA) is 81.8 Å². The van der Waals surface area contributed by atoms with Crippen LogP contribution in [-0.4, -0.2) is 29.8 Å². The van der Waals surface area contributed by atoms with Crippen LogP contribution in [0.5, 0.6) is 11.5 Å². The van der Waals surface area contributed by atoms with Gasteiger partial charge in [0.05, 0.1) is 24.8 Å². The fraction of sp³-hybridized carbons (Fsp3) is 0.176. The molecule has 1 heterocycles. The molecule has 23 heavy (non-hydrogen) atoms. The van der Waals surface area contributed by atoms with E-state index in [2.05, 4.69) is 4.98 Å². The maximum Gasteiger partial charge on any atom is 0.338 e. The van der Waals surface area contributed by atoms with Gasteiger partial charge in [0.15, 0.2) is 5.58 Å². The van der Waals surface area contributed by atoms with E-state index in [4.69, 9.17) is 13.9 Å². The van der Waals surface area contributed by atoms with Crippen LogP contribution in [0.3, 0.4) is 0 Å². The Bertz CT molecular complexity index is 869. The first-order valence-electron chi connectivity index (χ1n) is 7.07. The molecule has 2 aromatic carbocycles. The molecular formula is C17H15NO5. The number of phenolic OH excluding ortho intramolecular Hbond substituents is 1. The lowest BCUT2D eigenvalue weighted by molar-refractivity contribution is 0.0526. The van der Waals surface area contributed by atoms with E-state index in [-0.39, 0.29) is 11.6 Å². The summed E-state index contributed by atoms with van der Waals surface area (Å²) in [5.74, 6) is 0.384. The summed E-state index contributed by atoms with van der Waals surface area (Å²) in [5, 5.41) is 10.1. The van der Waals surface area contributed by atoms with Gasteiger partial charge in [0.1, 0.15) is 17.0 Å². The number of methoxy groups -OCH3 is 1. The second-order valence-electron chi connectivity index (χ2n) is 4.81. The lowest BCUT2D eigenvalue weighted by atomic mass is 10.2. The Balaban J connectivity index is 2.01. The predicted octanol–water partition coefficient (Wildman–Crippen LogP) is 3.39. The number of esters is 1. The number of aromatic nitrogens is 1. The first-order chi connectivity index (χ1) is 11.1. The van der Waals surface area contributed by atoms with Gasteiger partial charge in [0.25, 0.3) is 0 Å². The SMILES string of the molecule is CCOC(=O)c1ccc2nc(-c3ccc(OC)cc3O)oc2c1. The predicted molar refractivity (Wildman–Crippen MR) is 83.6 cm³/mol. The number of aromatic hydroxyl groups is 1. The van der Waals surface area contributed by atoms with Gasteiger partial charge in [-0.25, -0.2) is 9.78 Å². The largest absolute Gasteiger partial charge is 0.507 e. The van der Waals surface area contributed by atoms with Gasteiger partial charge < -0.3 is 19.0 Å². The number of oxazole rings is 1. The van der Waals surface area contributed by atoms with Gasteiger partial charge in [0, 0.05) is 6.07 Å². The zero-order valence-electron chi connectivity index (χ0n) is 12.7. The van der Waals surface area contributed by atoms with E-state index in [1.807, 2.05) is 0 Å². The van der Waals surface area contributed by atoms with Crippen molar-refractivity contribution >= 4 is 17.1 Å². The van der Waals surface area contributed by atoms with Crippen LogP contribution in [0.2, 0.25) is 0 Å². The van der Waals surface area contributed by atoms with Gasteiger partial charge in [-0.3, -0.25) is 0 Å². The van der Waals surface area contributed by atoms with Crippen LogP contribution in [0.15, 0.2) is 40.8 Å². The van der Waals surface area contributed by atoms with Crippen molar-refractivity contribution in [1.29, 1.82) is 0 Å². The Morgan fingerprint density at radius 1 is 1.26 bits per heavy atom. The average molecular weight is 313 g/mol. The summed E-state index contributed by atoms with van der Waals surface area (Å²) in [6.45, 7) is 2.05. The molecule has 1 aromatic heterocycles. The van der Waals surface area contributed by atoms with Gasteiger partial charge in [-0.05, 0) is 37.3 Å². The molecule has 118 valence electrons. The highest BCUT2D eigenvalue weighted by Gasteiger charge is 2.15. The molecule has 0 atom stereocenters. The monoisotopic (exact) mass is 313 g/mol. The minimum Gasteiger partial charge on any atom is -0.507 e. The molecule has 1 N–H and O–H groups in total. The second-order valence-corrected chi connectivity index (χ2v) is 4.81. The quantitative estimate of drug-likeness (QED) is 0.744. The van der Waals surface area contributed by atoms with Crippen LogP contribution in [0.25, 0.3) is 22.6 Å². The van der Waals surface area contributed by atoms with Crippen LogP contribution >= 0.6 is 0 Å². The summed E-state index contributed by atoms with van der Waals surface area (Å²) < 4.78 is 15.7. The van der Waals surface area contributed by atoms with Crippen molar-refractivity contribution in [2.75, 3.05) is 13.7 Å². The van der Waals surface area contributed by atoms with E-state index in [1.54, 1.807) is 37.3 Å². The number of fused-ring (bicyclic) bond motifs is 1. The minimum absolute atomic E-state index is 0.00141. The van der Waals surface area contributed by atoms with Crippen molar-refractivity contribution in [3.63, 3.8) is 0 Å². The second kappa shape index (κ2) is 6.00. The van der Waals surface area contributed by atoms with Gasteiger partial charge in [-0.1, -0.05) is 0 Å².